The van der Waals surface area contributed by atoms with Gasteiger partial charge < -0.3 is 9.64 Å². The molecule has 1 unspecified atom stereocenters. The lowest BCUT2D eigenvalue weighted by Gasteiger charge is -2.35. The number of hydrogen-bond acceptors (Lipinski definition) is 3. The number of rotatable bonds is 2. The van der Waals surface area contributed by atoms with E-state index in [1.807, 2.05) is 0 Å². The summed E-state index contributed by atoms with van der Waals surface area (Å²) in [6.45, 7) is 10.1. The minimum absolute atomic E-state index is 0.794. The molecule has 2 aliphatic rings. The molecule has 2 heterocycles. The first kappa shape index (κ1) is 17.4. The van der Waals surface area contributed by atoms with Crippen molar-refractivity contribution in [2.75, 3.05) is 31.2 Å². The highest BCUT2D eigenvalue weighted by Gasteiger charge is 2.39. The number of ether oxygens (including phenoxy) is 1. The van der Waals surface area contributed by atoms with E-state index >= 15 is 0 Å². The highest BCUT2D eigenvalue weighted by atomic mass is 28.3. The summed E-state index contributed by atoms with van der Waals surface area (Å²) in [5.41, 5.74) is 2.39. The van der Waals surface area contributed by atoms with Crippen molar-refractivity contribution in [3.63, 3.8) is 0 Å². The third-order valence-electron chi connectivity index (χ3n) is 6.09. The average Bonchev–Trinajstić information content (AvgIpc) is 2.75. The van der Waals surface area contributed by atoms with Gasteiger partial charge in [0, 0.05) is 18.8 Å². The Morgan fingerprint density at radius 2 is 1.71 bits per heavy atom. The summed E-state index contributed by atoms with van der Waals surface area (Å²) in [6, 6.07) is 24.2. The fraction of sp³-hybridized carbons (Fsp3) is 0.208. The van der Waals surface area contributed by atoms with E-state index in [0.717, 1.165) is 42.6 Å². The highest BCUT2D eigenvalue weighted by molar-refractivity contribution is 7.11. The van der Waals surface area contributed by atoms with Gasteiger partial charge in [-0.1, -0.05) is 55.6 Å². The van der Waals surface area contributed by atoms with Crippen molar-refractivity contribution in [3.05, 3.63) is 77.3 Å². The van der Waals surface area contributed by atoms with E-state index in [-0.39, 0.29) is 0 Å². The minimum Gasteiger partial charge on any atom is -0.378 e. The van der Waals surface area contributed by atoms with Gasteiger partial charge in [0.25, 0.3) is 0 Å². The predicted octanol–water partition coefficient (Wildman–Crippen LogP) is 1.30. The highest BCUT2D eigenvalue weighted by Crippen LogP contribution is 2.24. The van der Waals surface area contributed by atoms with Gasteiger partial charge in [-0.3, -0.25) is 0 Å². The van der Waals surface area contributed by atoms with Gasteiger partial charge in [0.15, 0.2) is 8.07 Å². The molecule has 0 amide bonds. The van der Waals surface area contributed by atoms with Crippen molar-refractivity contribution in [1.82, 2.24) is 0 Å². The number of nitrogens with zero attached hydrogens (tertiary/aromatic N) is 2. The molecule has 5 rings (SSSR count). The molecule has 0 radical (unpaired) electrons. The Balaban J connectivity index is 1.77. The van der Waals surface area contributed by atoms with Gasteiger partial charge in [-0.15, -0.1) is 0 Å². The van der Waals surface area contributed by atoms with Crippen LogP contribution in [0.15, 0.2) is 71.7 Å². The van der Waals surface area contributed by atoms with Gasteiger partial charge in [0.1, 0.15) is 0 Å². The smallest absolute Gasteiger partial charge is 0.151 e. The summed E-state index contributed by atoms with van der Waals surface area (Å²) in [4.78, 5) is 7.45. The lowest BCUT2D eigenvalue weighted by atomic mass is 10.2. The van der Waals surface area contributed by atoms with Crippen LogP contribution in [0.4, 0.5) is 11.4 Å². The summed E-state index contributed by atoms with van der Waals surface area (Å²) >= 11 is 0. The summed E-state index contributed by atoms with van der Waals surface area (Å²) in [6.07, 6.45) is 0. The van der Waals surface area contributed by atoms with Gasteiger partial charge in [0.2, 0.25) is 0 Å². The molecule has 0 spiro atoms. The second kappa shape index (κ2) is 6.73. The van der Waals surface area contributed by atoms with Crippen LogP contribution in [-0.2, 0) is 4.74 Å². The van der Waals surface area contributed by atoms with Gasteiger partial charge in [-0.05, 0) is 45.0 Å². The van der Waals surface area contributed by atoms with Crippen molar-refractivity contribution in [2.45, 2.75) is 6.55 Å². The molecular weight excluding hydrogens is 360 g/mol. The number of fused-ring (bicyclic) bond motifs is 2. The number of anilines is 1. The molecule has 28 heavy (non-hydrogen) atoms. The van der Waals surface area contributed by atoms with Crippen molar-refractivity contribution in [3.8, 4) is 0 Å². The Kier molecular flexibility index (Phi) is 4.18. The second-order valence-electron chi connectivity index (χ2n) is 7.76. The lowest BCUT2D eigenvalue weighted by molar-refractivity contribution is 0.122. The van der Waals surface area contributed by atoms with Gasteiger partial charge >= 0.3 is 0 Å². The summed E-state index contributed by atoms with van der Waals surface area (Å²) in [5.74, 6) is 0. The predicted molar refractivity (Wildman–Crippen MR) is 119 cm³/mol. The molecule has 1 fully saturated rings. The number of benzene rings is 3. The third kappa shape index (κ3) is 2.72. The zero-order chi connectivity index (χ0) is 19.1. The summed E-state index contributed by atoms with van der Waals surface area (Å²) in [5, 5.41) is 6.31. The van der Waals surface area contributed by atoms with Gasteiger partial charge in [0.05, 0.1) is 24.3 Å². The van der Waals surface area contributed by atoms with E-state index in [2.05, 4.69) is 84.8 Å². The van der Waals surface area contributed by atoms with Crippen LogP contribution in [0.1, 0.15) is 0 Å². The first-order valence-electron chi connectivity index (χ1n) is 9.87. The van der Waals surface area contributed by atoms with Crippen LogP contribution >= 0.6 is 0 Å². The third-order valence-corrected chi connectivity index (χ3v) is 10.5. The minimum atomic E-state index is -2.17. The van der Waals surface area contributed by atoms with Crippen molar-refractivity contribution < 1.29 is 4.74 Å². The van der Waals surface area contributed by atoms with Crippen LogP contribution in [0.2, 0.25) is 6.55 Å². The van der Waals surface area contributed by atoms with Crippen LogP contribution in [0, 0.1) is 0 Å². The SMILES string of the molecule is C=c1ccc2c(c1)[Si](C)(c1ccccc1)c1cc(N3CCOCC3)ccc1N=2. The fourth-order valence-corrected chi connectivity index (χ4v) is 8.46. The number of morpholine rings is 1. The molecule has 0 aliphatic carbocycles. The van der Waals surface area contributed by atoms with Crippen LogP contribution in [0.3, 0.4) is 0 Å². The van der Waals surface area contributed by atoms with Crippen molar-refractivity contribution in [2.24, 2.45) is 4.99 Å². The monoisotopic (exact) mass is 384 g/mol. The molecule has 1 saturated heterocycles. The van der Waals surface area contributed by atoms with Crippen molar-refractivity contribution in [1.29, 1.82) is 0 Å². The van der Waals surface area contributed by atoms with E-state index in [4.69, 9.17) is 9.73 Å². The van der Waals surface area contributed by atoms with E-state index in [0.29, 0.717) is 0 Å². The number of hydrogen-bond donors (Lipinski definition) is 0. The van der Waals surface area contributed by atoms with Crippen LogP contribution in [0.5, 0.6) is 0 Å². The zero-order valence-electron chi connectivity index (χ0n) is 16.2. The largest absolute Gasteiger partial charge is 0.378 e. The Morgan fingerprint density at radius 1 is 0.929 bits per heavy atom. The summed E-state index contributed by atoms with van der Waals surface area (Å²) in [7, 11) is -2.17. The van der Waals surface area contributed by atoms with E-state index < -0.39 is 8.07 Å². The van der Waals surface area contributed by atoms with E-state index in [1.54, 1.807) is 0 Å². The van der Waals surface area contributed by atoms with Gasteiger partial charge in [-0.25, -0.2) is 4.99 Å². The second-order valence-corrected chi connectivity index (χ2v) is 11.7. The Labute approximate surface area is 166 Å². The molecule has 0 N–H and O–H groups in total. The first-order chi connectivity index (χ1) is 13.7. The fourth-order valence-electron chi connectivity index (χ4n) is 4.48. The molecule has 0 aromatic heterocycles. The van der Waals surface area contributed by atoms with E-state index in [1.165, 1.54) is 21.2 Å². The maximum Gasteiger partial charge on any atom is 0.151 e. The standard InChI is InChI=1S/C24H24N2OSi/c1-18-8-10-21-23(16-18)28(2,20-6-4-3-5-7-20)24-17-19(9-11-22(24)25-21)26-12-14-27-15-13-26/h3-11,16-17H,1,12-15H2,2H3. The van der Waals surface area contributed by atoms with Crippen molar-refractivity contribution >= 4 is 41.6 Å². The normalized spacial score (nSPS) is 20.8. The maximum absolute atomic E-state index is 5.55. The Bertz CT molecular complexity index is 1140. The lowest BCUT2D eigenvalue weighted by Crippen LogP contribution is -2.70. The van der Waals surface area contributed by atoms with Gasteiger partial charge in [-0.2, -0.15) is 0 Å². The zero-order valence-corrected chi connectivity index (χ0v) is 17.2. The Morgan fingerprint density at radius 3 is 2.50 bits per heavy atom. The molecule has 3 aromatic carbocycles. The Hall–Kier alpha value is -2.69. The van der Waals surface area contributed by atoms with Crippen LogP contribution in [0.25, 0.3) is 6.58 Å². The molecule has 2 aliphatic heterocycles. The molecule has 140 valence electrons. The molecule has 3 aromatic rings. The topological polar surface area (TPSA) is 24.8 Å². The quantitative estimate of drug-likeness (QED) is 0.622. The maximum atomic E-state index is 5.55. The molecule has 1 atom stereocenters. The summed E-state index contributed by atoms with van der Waals surface area (Å²) < 4.78 is 5.55. The van der Waals surface area contributed by atoms with Crippen LogP contribution in [-0.4, -0.2) is 34.4 Å². The molecule has 3 nitrogen and oxygen atoms in total. The molecule has 0 saturated carbocycles. The average molecular weight is 385 g/mol. The molecule has 0 bridgehead atoms. The first-order valence-corrected chi connectivity index (χ1v) is 12.4. The van der Waals surface area contributed by atoms with Crippen LogP contribution < -0.4 is 31.0 Å². The van der Waals surface area contributed by atoms with E-state index in [9.17, 15) is 0 Å². The molecular formula is C24H24N2OSi. The molecule has 4 heteroatoms.